The topological polar surface area (TPSA) is 67.2 Å². The lowest BCUT2D eigenvalue weighted by Gasteiger charge is -2.23. The number of hydrogen-bond donors (Lipinski definition) is 2. The number of carbonyl (C=O) groups is 1. The number of nitrogens with one attached hydrogen (secondary N) is 2. The molecular weight excluding hydrogens is 262 g/mol. The zero-order chi connectivity index (χ0) is 13.7. The summed E-state index contributed by atoms with van der Waals surface area (Å²) < 4.78 is 5.10. The molecule has 1 aromatic rings. The molecule has 106 valence electrons. The van der Waals surface area contributed by atoms with Gasteiger partial charge in [0.05, 0.1) is 11.4 Å². The van der Waals surface area contributed by atoms with Crippen molar-refractivity contribution in [2.75, 3.05) is 18.8 Å². The highest BCUT2D eigenvalue weighted by atomic mass is 32.2. The van der Waals surface area contributed by atoms with E-state index in [1.165, 1.54) is 0 Å². The van der Waals surface area contributed by atoms with Crippen LogP contribution in [0, 0.1) is 13.8 Å². The van der Waals surface area contributed by atoms with Gasteiger partial charge in [0.2, 0.25) is 5.91 Å². The van der Waals surface area contributed by atoms with Crippen LogP contribution in [0.2, 0.25) is 0 Å². The lowest BCUT2D eigenvalue weighted by atomic mass is 10.1. The normalized spacial score (nSPS) is 19.4. The summed E-state index contributed by atoms with van der Waals surface area (Å²) in [6.45, 7) is 5.79. The Morgan fingerprint density at radius 3 is 3.05 bits per heavy atom. The SMILES string of the molecule is Cc1noc(C)c1CSCC(=O)NC1CCCNC1. The Morgan fingerprint density at radius 2 is 2.42 bits per heavy atom. The summed E-state index contributed by atoms with van der Waals surface area (Å²) in [4.78, 5) is 11.8. The standard InChI is InChI=1S/C13H21N3O2S/c1-9-12(10(2)18-16-9)7-19-8-13(17)15-11-4-3-5-14-6-11/h11,14H,3-8H2,1-2H3,(H,15,17). The van der Waals surface area contributed by atoms with Gasteiger partial charge in [0.15, 0.2) is 0 Å². The van der Waals surface area contributed by atoms with Crippen LogP contribution in [-0.2, 0) is 10.5 Å². The van der Waals surface area contributed by atoms with E-state index < -0.39 is 0 Å². The fourth-order valence-corrected chi connectivity index (χ4v) is 3.19. The van der Waals surface area contributed by atoms with Gasteiger partial charge in [0, 0.05) is 23.9 Å². The Bertz CT molecular complexity index is 408. The minimum Gasteiger partial charge on any atom is -0.361 e. The van der Waals surface area contributed by atoms with Crippen LogP contribution in [0.5, 0.6) is 0 Å². The molecule has 2 N–H and O–H groups in total. The van der Waals surface area contributed by atoms with Crippen molar-refractivity contribution in [3.63, 3.8) is 0 Å². The maximum atomic E-state index is 11.8. The van der Waals surface area contributed by atoms with E-state index in [9.17, 15) is 4.79 Å². The van der Waals surface area contributed by atoms with E-state index in [0.29, 0.717) is 11.8 Å². The molecule has 1 aromatic heterocycles. The number of nitrogens with zero attached hydrogens (tertiary/aromatic N) is 1. The molecule has 1 fully saturated rings. The average molecular weight is 283 g/mol. The van der Waals surface area contributed by atoms with Crippen LogP contribution in [0.3, 0.4) is 0 Å². The first-order valence-corrected chi connectivity index (χ1v) is 7.82. The van der Waals surface area contributed by atoms with Crippen LogP contribution in [0.15, 0.2) is 4.52 Å². The molecule has 1 amide bonds. The van der Waals surface area contributed by atoms with Crippen LogP contribution in [0.1, 0.15) is 29.9 Å². The molecule has 1 aliphatic heterocycles. The molecule has 0 spiro atoms. The molecule has 1 atom stereocenters. The number of thioether (sulfide) groups is 1. The van der Waals surface area contributed by atoms with Crippen molar-refractivity contribution in [2.24, 2.45) is 0 Å². The second kappa shape index (κ2) is 6.96. The van der Waals surface area contributed by atoms with E-state index in [1.54, 1.807) is 11.8 Å². The summed E-state index contributed by atoms with van der Waals surface area (Å²) in [5.74, 6) is 2.23. The fourth-order valence-electron chi connectivity index (χ4n) is 2.20. The molecule has 1 aliphatic rings. The minimum atomic E-state index is 0.116. The van der Waals surface area contributed by atoms with Crippen LogP contribution in [-0.4, -0.2) is 35.9 Å². The average Bonchev–Trinajstić information content (AvgIpc) is 2.71. The maximum absolute atomic E-state index is 11.8. The number of rotatable bonds is 5. The summed E-state index contributed by atoms with van der Waals surface area (Å²) in [7, 11) is 0. The Kier molecular flexibility index (Phi) is 5.27. The third kappa shape index (κ3) is 4.24. The molecule has 2 heterocycles. The molecule has 2 rings (SSSR count). The Morgan fingerprint density at radius 1 is 1.58 bits per heavy atom. The third-order valence-corrected chi connectivity index (χ3v) is 4.28. The molecular formula is C13H21N3O2S. The highest BCUT2D eigenvalue weighted by Crippen LogP contribution is 2.19. The van der Waals surface area contributed by atoms with Crippen molar-refractivity contribution in [3.8, 4) is 0 Å². The molecule has 1 saturated heterocycles. The molecule has 0 aliphatic carbocycles. The summed E-state index contributed by atoms with van der Waals surface area (Å²) in [6.07, 6.45) is 2.21. The Hall–Kier alpha value is -1.01. The summed E-state index contributed by atoms with van der Waals surface area (Å²) >= 11 is 1.60. The van der Waals surface area contributed by atoms with Gasteiger partial charge in [-0.25, -0.2) is 0 Å². The highest BCUT2D eigenvalue weighted by molar-refractivity contribution is 7.99. The fraction of sp³-hybridized carbons (Fsp3) is 0.692. The van der Waals surface area contributed by atoms with Gasteiger partial charge in [-0.05, 0) is 33.2 Å². The van der Waals surface area contributed by atoms with Crippen molar-refractivity contribution in [1.29, 1.82) is 0 Å². The van der Waals surface area contributed by atoms with Gasteiger partial charge in [0.1, 0.15) is 5.76 Å². The lowest BCUT2D eigenvalue weighted by molar-refractivity contribution is -0.119. The molecule has 19 heavy (non-hydrogen) atoms. The molecule has 0 aromatic carbocycles. The minimum absolute atomic E-state index is 0.116. The van der Waals surface area contributed by atoms with Crippen molar-refractivity contribution >= 4 is 17.7 Å². The van der Waals surface area contributed by atoms with E-state index in [2.05, 4.69) is 15.8 Å². The largest absolute Gasteiger partial charge is 0.361 e. The Labute approximate surface area is 117 Å². The molecule has 0 radical (unpaired) electrons. The van der Waals surface area contributed by atoms with E-state index in [0.717, 1.165) is 48.7 Å². The second-order valence-corrected chi connectivity index (χ2v) is 5.89. The predicted octanol–water partition coefficient (Wildman–Crippen LogP) is 1.39. The van der Waals surface area contributed by atoms with E-state index in [4.69, 9.17) is 4.52 Å². The first kappa shape index (κ1) is 14.4. The van der Waals surface area contributed by atoms with Gasteiger partial charge < -0.3 is 15.2 Å². The summed E-state index contributed by atoms with van der Waals surface area (Å²) in [6, 6.07) is 0.293. The van der Waals surface area contributed by atoms with Crippen LogP contribution in [0.4, 0.5) is 0 Å². The molecule has 0 saturated carbocycles. The van der Waals surface area contributed by atoms with Gasteiger partial charge >= 0.3 is 0 Å². The smallest absolute Gasteiger partial charge is 0.230 e. The third-order valence-electron chi connectivity index (χ3n) is 3.32. The summed E-state index contributed by atoms with van der Waals surface area (Å²) in [5.41, 5.74) is 2.03. The summed E-state index contributed by atoms with van der Waals surface area (Å²) in [5, 5.41) is 10.3. The first-order chi connectivity index (χ1) is 9.16. The lowest BCUT2D eigenvalue weighted by Crippen LogP contribution is -2.46. The number of amides is 1. The molecule has 5 nitrogen and oxygen atoms in total. The van der Waals surface area contributed by atoms with Crippen molar-refractivity contribution in [3.05, 3.63) is 17.0 Å². The number of aryl methyl sites for hydroxylation is 2. The Balaban J connectivity index is 1.69. The maximum Gasteiger partial charge on any atom is 0.230 e. The number of piperidine rings is 1. The first-order valence-electron chi connectivity index (χ1n) is 6.66. The predicted molar refractivity (Wildman–Crippen MR) is 76.2 cm³/mol. The molecule has 0 bridgehead atoms. The van der Waals surface area contributed by atoms with E-state index in [-0.39, 0.29) is 5.91 Å². The van der Waals surface area contributed by atoms with Crippen LogP contribution < -0.4 is 10.6 Å². The van der Waals surface area contributed by atoms with Crippen LogP contribution >= 0.6 is 11.8 Å². The van der Waals surface area contributed by atoms with E-state index >= 15 is 0 Å². The van der Waals surface area contributed by atoms with Gasteiger partial charge in [-0.15, -0.1) is 11.8 Å². The molecule has 6 heteroatoms. The van der Waals surface area contributed by atoms with Gasteiger partial charge in [0.25, 0.3) is 0 Å². The monoisotopic (exact) mass is 283 g/mol. The van der Waals surface area contributed by atoms with Crippen LogP contribution in [0.25, 0.3) is 0 Å². The van der Waals surface area contributed by atoms with Gasteiger partial charge in [-0.1, -0.05) is 5.16 Å². The van der Waals surface area contributed by atoms with Crippen molar-refractivity contribution in [2.45, 2.75) is 38.5 Å². The number of aromatic nitrogens is 1. The number of carbonyl (C=O) groups excluding carboxylic acids is 1. The number of hydrogen-bond acceptors (Lipinski definition) is 5. The quantitative estimate of drug-likeness (QED) is 0.855. The zero-order valence-electron chi connectivity index (χ0n) is 11.5. The van der Waals surface area contributed by atoms with Crippen molar-refractivity contribution in [1.82, 2.24) is 15.8 Å². The van der Waals surface area contributed by atoms with Crippen molar-refractivity contribution < 1.29 is 9.32 Å². The highest BCUT2D eigenvalue weighted by Gasteiger charge is 2.15. The van der Waals surface area contributed by atoms with Gasteiger partial charge in [-0.3, -0.25) is 4.79 Å². The van der Waals surface area contributed by atoms with E-state index in [1.807, 2.05) is 13.8 Å². The molecule has 1 unspecified atom stereocenters. The second-order valence-electron chi connectivity index (χ2n) is 4.91. The van der Waals surface area contributed by atoms with Gasteiger partial charge in [-0.2, -0.15) is 0 Å². The zero-order valence-corrected chi connectivity index (χ0v) is 12.3.